The maximum absolute atomic E-state index is 12.3. The highest BCUT2D eigenvalue weighted by Gasteiger charge is 2.33. The molecule has 1 aliphatic rings. The Hall–Kier alpha value is -1.37. The fraction of sp³-hybridized carbons (Fsp3) is 0.636. The minimum Gasteiger partial charge on any atom is -0.357 e. The van der Waals surface area contributed by atoms with E-state index in [2.05, 4.69) is 15.5 Å². The molecule has 1 fully saturated rings. The highest BCUT2D eigenvalue weighted by atomic mass is 19.4. The summed E-state index contributed by atoms with van der Waals surface area (Å²) < 4.78 is 36.9. The second-order valence-corrected chi connectivity index (χ2v) is 4.42. The summed E-state index contributed by atoms with van der Waals surface area (Å²) in [5, 5.41) is 10.1. The lowest BCUT2D eigenvalue weighted by Gasteiger charge is -2.18. The molecule has 2 rings (SSSR count). The monoisotopic (exact) mass is 260 g/mol. The van der Waals surface area contributed by atoms with Crippen LogP contribution in [0.5, 0.6) is 0 Å². The van der Waals surface area contributed by atoms with Gasteiger partial charge in [0.1, 0.15) is 0 Å². The van der Waals surface area contributed by atoms with Crippen LogP contribution in [0.4, 0.5) is 19.0 Å². The van der Waals surface area contributed by atoms with Crippen LogP contribution in [-0.2, 0) is 6.18 Å². The Kier molecular flexibility index (Phi) is 3.70. The normalized spacial score (nSPS) is 15.8. The molecule has 4 nitrogen and oxygen atoms in total. The van der Waals surface area contributed by atoms with Gasteiger partial charge >= 0.3 is 6.18 Å². The van der Waals surface area contributed by atoms with Gasteiger partial charge in [0.25, 0.3) is 0 Å². The lowest BCUT2D eigenvalue weighted by Crippen LogP contribution is -2.31. The summed E-state index contributed by atoms with van der Waals surface area (Å²) in [4.78, 5) is 1.78. The highest BCUT2D eigenvalue weighted by molar-refractivity contribution is 5.36. The van der Waals surface area contributed by atoms with Crippen molar-refractivity contribution >= 4 is 5.82 Å². The molecule has 100 valence electrons. The summed E-state index contributed by atoms with van der Waals surface area (Å²) in [5.41, 5.74) is -0.962. The van der Waals surface area contributed by atoms with Crippen LogP contribution in [0.25, 0.3) is 0 Å². The standard InChI is InChI=1S/C11H15F3N4/c1-18(7-6-15-8-2-3-8)10-5-4-9(16-17-10)11(12,13)14/h4-5,8,15H,2-3,6-7H2,1H3. The van der Waals surface area contributed by atoms with Crippen LogP contribution in [0.3, 0.4) is 0 Å². The first kappa shape index (κ1) is 13.1. The average Bonchev–Trinajstić information content (AvgIpc) is 3.12. The molecule has 1 saturated carbocycles. The van der Waals surface area contributed by atoms with Crippen LogP contribution in [0.2, 0.25) is 0 Å². The summed E-state index contributed by atoms with van der Waals surface area (Å²) in [7, 11) is 1.78. The molecule has 7 heteroatoms. The molecule has 0 radical (unpaired) electrons. The van der Waals surface area contributed by atoms with Gasteiger partial charge in [0.15, 0.2) is 11.5 Å². The number of hydrogen-bond acceptors (Lipinski definition) is 4. The number of alkyl halides is 3. The van der Waals surface area contributed by atoms with Gasteiger partial charge in [-0.2, -0.15) is 13.2 Å². The van der Waals surface area contributed by atoms with Crippen molar-refractivity contribution in [1.29, 1.82) is 0 Å². The molecule has 0 saturated heterocycles. The molecule has 0 amide bonds. The second-order valence-electron chi connectivity index (χ2n) is 4.42. The minimum absolute atomic E-state index is 0.445. The van der Waals surface area contributed by atoms with Crippen molar-refractivity contribution in [3.63, 3.8) is 0 Å². The van der Waals surface area contributed by atoms with E-state index in [1.807, 2.05) is 0 Å². The molecular formula is C11H15F3N4. The number of likely N-dealkylation sites (N-methyl/N-ethyl adjacent to an activating group) is 1. The van der Waals surface area contributed by atoms with Crippen molar-refractivity contribution in [2.24, 2.45) is 0 Å². The van der Waals surface area contributed by atoms with Crippen LogP contribution in [0.1, 0.15) is 18.5 Å². The number of nitrogens with one attached hydrogen (secondary N) is 1. The SMILES string of the molecule is CN(CCNC1CC1)c1ccc(C(F)(F)F)nn1. The van der Waals surface area contributed by atoms with Gasteiger partial charge in [-0.15, -0.1) is 10.2 Å². The molecule has 0 aromatic carbocycles. The second kappa shape index (κ2) is 5.09. The Labute approximate surface area is 103 Å². The van der Waals surface area contributed by atoms with Gasteiger partial charge in [-0.1, -0.05) is 0 Å². The molecule has 1 aromatic rings. The van der Waals surface area contributed by atoms with Crippen molar-refractivity contribution in [1.82, 2.24) is 15.5 Å². The van der Waals surface area contributed by atoms with Gasteiger partial charge in [0, 0.05) is 26.2 Å². The van der Waals surface area contributed by atoms with Crippen molar-refractivity contribution in [2.75, 3.05) is 25.0 Å². The van der Waals surface area contributed by atoms with Crippen molar-refractivity contribution in [3.8, 4) is 0 Å². The van der Waals surface area contributed by atoms with E-state index in [-0.39, 0.29) is 0 Å². The zero-order valence-corrected chi connectivity index (χ0v) is 10.0. The van der Waals surface area contributed by atoms with Crippen LogP contribution in [0, 0.1) is 0 Å². The fourth-order valence-electron chi connectivity index (χ4n) is 1.52. The van der Waals surface area contributed by atoms with E-state index in [0.29, 0.717) is 18.4 Å². The van der Waals surface area contributed by atoms with Crippen molar-refractivity contribution in [3.05, 3.63) is 17.8 Å². The highest BCUT2D eigenvalue weighted by Crippen LogP contribution is 2.27. The van der Waals surface area contributed by atoms with Crippen LogP contribution in [-0.4, -0.2) is 36.4 Å². The lowest BCUT2D eigenvalue weighted by molar-refractivity contribution is -0.141. The number of anilines is 1. The maximum Gasteiger partial charge on any atom is 0.435 e. The van der Waals surface area contributed by atoms with Gasteiger partial charge in [0.2, 0.25) is 0 Å². The Bertz CT molecular complexity index is 386. The minimum atomic E-state index is -4.43. The molecule has 0 atom stereocenters. The van der Waals surface area contributed by atoms with Crippen LogP contribution < -0.4 is 10.2 Å². The van der Waals surface area contributed by atoms with E-state index in [1.165, 1.54) is 18.9 Å². The first-order valence-corrected chi connectivity index (χ1v) is 5.82. The number of rotatable bonds is 5. The third kappa shape index (κ3) is 3.56. The predicted octanol–water partition coefficient (Wildman–Crippen LogP) is 1.68. The summed E-state index contributed by atoms with van der Waals surface area (Å²) in [6.07, 6.45) is -2.01. The maximum atomic E-state index is 12.3. The summed E-state index contributed by atoms with van der Waals surface area (Å²) in [6.45, 7) is 1.49. The number of hydrogen-bond donors (Lipinski definition) is 1. The largest absolute Gasteiger partial charge is 0.435 e. The zero-order valence-electron chi connectivity index (χ0n) is 10.0. The van der Waals surface area contributed by atoms with Crippen LogP contribution >= 0.6 is 0 Å². The molecule has 1 aromatic heterocycles. The molecule has 0 unspecified atom stereocenters. The molecule has 18 heavy (non-hydrogen) atoms. The fourth-order valence-corrected chi connectivity index (χ4v) is 1.52. The first-order chi connectivity index (χ1) is 8.47. The van der Waals surface area contributed by atoms with Gasteiger partial charge in [-0.05, 0) is 25.0 Å². The predicted molar refractivity (Wildman–Crippen MR) is 61.3 cm³/mol. The molecule has 0 aliphatic heterocycles. The average molecular weight is 260 g/mol. The molecule has 0 bridgehead atoms. The van der Waals surface area contributed by atoms with Gasteiger partial charge < -0.3 is 10.2 Å². The zero-order chi connectivity index (χ0) is 13.2. The number of aromatic nitrogens is 2. The summed E-state index contributed by atoms with van der Waals surface area (Å²) in [5.74, 6) is 0.445. The Morgan fingerprint density at radius 1 is 1.33 bits per heavy atom. The molecule has 1 heterocycles. The number of halogens is 3. The third-order valence-electron chi connectivity index (χ3n) is 2.79. The van der Waals surface area contributed by atoms with Gasteiger partial charge in [-0.3, -0.25) is 0 Å². The molecule has 1 aliphatic carbocycles. The Morgan fingerprint density at radius 3 is 2.56 bits per heavy atom. The van der Waals surface area contributed by atoms with Crippen molar-refractivity contribution < 1.29 is 13.2 Å². The van der Waals surface area contributed by atoms with E-state index >= 15 is 0 Å². The van der Waals surface area contributed by atoms with Gasteiger partial charge in [0.05, 0.1) is 0 Å². The van der Waals surface area contributed by atoms with E-state index < -0.39 is 11.9 Å². The van der Waals surface area contributed by atoms with Crippen LogP contribution in [0.15, 0.2) is 12.1 Å². The third-order valence-corrected chi connectivity index (χ3v) is 2.79. The molecular weight excluding hydrogens is 245 g/mol. The van der Waals surface area contributed by atoms with Crippen molar-refractivity contribution in [2.45, 2.75) is 25.1 Å². The molecule has 1 N–H and O–H groups in total. The summed E-state index contributed by atoms with van der Waals surface area (Å²) in [6, 6.07) is 2.91. The van der Waals surface area contributed by atoms with Gasteiger partial charge in [-0.25, -0.2) is 0 Å². The Balaban J connectivity index is 1.87. The molecule has 0 spiro atoms. The lowest BCUT2D eigenvalue weighted by atomic mass is 10.3. The topological polar surface area (TPSA) is 41.0 Å². The van der Waals surface area contributed by atoms with E-state index in [4.69, 9.17) is 0 Å². The first-order valence-electron chi connectivity index (χ1n) is 5.82. The van der Waals surface area contributed by atoms with E-state index in [1.54, 1.807) is 11.9 Å². The van der Waals surface area contributed by atoms with E-state index in [0.717, 1.165) is 12.6 Å². The summed E-state index contributed by atoms with van der Waals surface area (Å²) >= 11 is 0. The van der Waals surface area contributed by atoms with E-state index in [9.17, 15) is 13.2 Å². The quantitative estimate of drug-likeness (QED) is 0.874. The Morgan fingerprint density at radius 2 is 2.06 bits per heavy atom. The number of nitrogens with zero attached hydrogens (tertiary/aromatic N) is 3. The smallest absolute Gasteiger partial charge is 0.357 e.